The summed E-state index contributed by atoms with van der Waals surface area (Å²) in [6.45, 7) is 4.85. The number of nitrogens with one attached hydrogen (secondary N) is 2. The molecule has 2 atom stereocenters. The average Bonchev–Trinajstić information content (AvgIpc) is 2.69. The quantitative estimate of drug-likeness (QED) is 0.566. The zero-order valence-electron chi connectivity index (χ0n) is 17.2. The summed E-state index contributed by atoms with van der Waals surface area (Å²) in [5.74, 6) is -3.52. The number of allylic oxidation sites excluding steroid dienone is 1. The van der Waals surface area contributed by atoms with Crippen LogP contribution in [0, 0.1) is 17.2 Å². The number of rotatable bonds is 4. The van der Waals surface area contributed by atoms with Crippen molar-refractivity contribution in [3.63, 3.8) is 0 Å². The first-order chi connectivity index (χ1) is 14.5. The summed E-state index contributed by atoms with van der Waals surface area (Å²) in [6.07, 6.45) is -4.69. The number of amidine groups is 1. The number of pyridine rings is 1. The molecule has 0 radical (unpaired) electrons. The second-order valence-electron chi connectivity index (χ2n) is 7.98. The molecule has 2 aliphatic heterocycles. The minimum atomic E-state index is -4.91. The van der Waals surface area contributed by atoms with E-state index in [1.54, 1.807) is 6.20 Å². The Balaban J connectivity index is 1.75. The Morgan fingerprint density at radius 2 is 2.00 bits per heavy atom. The van der Waals surface area contributed by atoms with Crippen molar-refractivity contribution in [1.29, 1.82) is 5.41 Å². The lowest BCUT2D eigenvalue weighted by molar-refractivity contribution is -0.191. The van der Waals surface area contributed by atoms with Crippen LogP contribution in [0.1, 0.15) is 26.7 Å². The number of aliphatic hydroxyl groups excluding tert-OH is 1. The van der Waals surface area contributed by atoms with Crippen LogP contribution in [0.3, 0.4) is 0 Å². The number of nitrogens with two attached hydrogens (primary N) is 1. The maximum Gasteiger partial charge on any atom is 0.398 e. The lowest BCUT2D eigenvalue weighted by Crippen LogP contribution is -2.56. The molecule has 3 heterocycles. The van der Waals surface area contributed by atoms with Crippen molar-refractivity contribution in [3.05, 3.63) is 29.6 Å². The molecule has 0 aliphatic carbocycles. The number of hydrogen-bond acceptors (Lipinski definition) is 7. The van der Waals surface area contributed by atoms with Crippen LogP contribution in [0.15, 0.2) is 29.6 Å². The molecule has 0 saturated carbocycles. The molecule has 11 heteroatoms. The lowest BCUT2D eigenvalue weighted by Gasteiger charge is -2.37. The monoisotopic (exact) mass is 441 g/mol. The summed E-state index contributed by atoms with van der Waals surface area (Å²) in [6, 6.07) is 3.63. The van der Waals surface area contributed by atoms with Crippen LogP contribution in [0.5, 0.6) is 5.75 Å². The van der Waals surface area contributed by atoms with Crippen LogP contribution in [0.25, 0.3) is 0 Å². The van der Waals surface area contributed by atoms with E-state index in [9.17, 15) is 23.1 Å². The van der Waals surface area contributed by atoms with Gasteiger partial charge >= 0.3 is 6.18 Å². The van der Waals surface area contributed by atoms with E-state index in [0.717, 1.165) is 5.82 Å². The Kier molecular flexibility index (Phi) is 6.44. The molecule has 31 heavy (non-hydrogen) atoms. The second-order valence-corrected chi connectivity index (χ2v) is 7.98. The van der Waals surface area contributed by atoms with Crippen LogP contribution in [0.2, 0.25) is 0 Å². The van der Waals surface area contributed by atoms with E-state index in [4.69, 9.17) is 15.9 Å². The summed E-state index contributed by atoms with van der Waals surface area (Å²) in [4.78, 5) is 18.0. The zero-order chi connectivity index (χ0) is 22.9. The van der Waals surface area contributed by atoms with Gasteiger partial charge in [-0.2, -0.15) is 13.2 Å². The summed E-state index contributed by atoms with van der Waals surface area (Å²) < 4.78 is 46.2. The molecule has 8 nitrogen and oxygen atoms in total. The molecule has 3 rings (SSSR count). The number of amides is 1. The van der Waals surface area contributed by atoms with Crippen molar-refractivity contribution in [2.75, 3.05) is 18.0 Å². The van der Waals surface area contributed by atoms with Gasteiger partial charge < -0.3 is 25.8 Å². The third kappa shape index (κ3) is 4.92. The van der Waals surface area contributed by atoms with E-state index in [1.165, 1.54) is 0 Å². The average molecular weight is 441 g/mol. The number of carbonyl (C=O) groups excluding carboxylic acids is 1. The van der Waals surface area contributed by atoms with Crippen LogP contribution in [-0.4, -0.2) is 53.3 Å². The van der Waals surface area contributed by atoms with Gasteiger partial charge in [-0.3, -0.25) is 10.2 Å². The number of piperidine rings is 2. The van der Waals surface area contributed by atoms with Crippen LogP contribution in [0.4, 0.5) is 19.0 Å². The van der Waals surface area contributed by atoms with Crippen molar-refractivity contribution in [2.24, 2.45) is 17.6 Å². The lowest BCUT2D eigenvalue weighted by atomic mass is 9.81. The fraction of sp³-hybridized carbons (Fsp3) is 0.550. The molecule has 2 saturated heterocycles. The Morgan fingerprint density at radius 3 is 2.52 bits per heavy atom. The number of anilines is 1. The number of hydrogen-bond donors (Lipinski definition) is 4. The van der Waals surface area contributed by atoms with E-state index < -0.39 is 41.4 Å². The second kappa shape index (κ2) is 8.74. The number of alkyl halides is 3. The van der Waals surface area contributed by atoms with Crippen LogP contribution < -0.4 is 20.7 Å². The van der Waals surface area contributed by atoms with Gasteiger partial charge in [0.1, 0.15) is 29.4 Å². The predicted octanol–water partition coefficient (Wildman–Crippen LogP) is 1.94. The SMILES string of the molecule is CC(C)Oc1ccc(N2CCC(C(N)=C3C(=N)NC(=O)[C@H](O)[C@@H]3C(F)(F)F)CC2)nc1. The fourth-order valence-electron chi connectivity index (χ4n) is 3.94. The molecular formula is C20H26F3N5O3. The maximum absolute atomic E-state index is 13.6. The van der Waals surface area contributed by atoms with E-state index >= 15 is 0 Å². The van der Waals surface area contributed by atoms with Gasteiger partial charge in [-0.1, -0.05) is 0 Å². The van der Waals surface area contributed by atoms with Gasteiger partial charge in [-0.05, 0) is 38.8 Å². The Bertz CT molecular complexity index is 862. The van der Waals surface area contributed by atoms with Gasteiger partial charge in [0, 0.05) is 30.3 Å². The van der Waals surface area contributed by atoms with Crippen molar-refractivity contribution in [1.82, 2.24) is 10.3 Å². The first-order valence-corrected chi connectivity index (χ1v) is 10.0. The molecule has 0 bridgehead atoms. The van der Waals surface area contributed by atoms with Gasteiger partial charge in [0.05, 0.1) is 12.3 Å². The topological polar surface area (TPSA) is 125 Å². The molecule has 0 aromatic carbocycles. The van der Waals surface area contributed by atoms with E-state index in [-0.39, 0.29) is 11.8 Å². The van der Waals surface area contributed by atoms with Crippen molar-refractivity contribution in [3.8, 4) is 5.75 Å². The van der Waals surface area contributed by atoms with Gasteiger partial charge in [0.25, 0.3) is 5.91 Å². The molecule has 0 spiro atoms. The van der Waals surface area contributed by atoms with Gasteiger partial charge in [-0.15, -0.1) is 0 Å². The molecule has 2 aliphatic rings. The largest absolute Gasteiger partial charge is 0.489 e. The van der Waals surface area contributed by atoms with Crippen LogP contribution >= 0.6 is 0 Å². The Labute approximate surface area is 177 Å². The number of aromatic nitrogens is 1. The smallest absolute Gasteiger partial charge is 0.398 e. The molecule has 5 N–H and O–H groups in total. The molecule has 170 valence electrons. The van der Waals surface area contributed by atoms with Gasteiger partial charge in [0.2, 0.25) is 0 Å². The summed E-state index contributed by atoms with van der Waals surface area (Å²) in [7, 11) is 0. The number of aliphatic hydroxyl groups is 1. The van der Waals surface area contributed by atoms with Crippen molar-refractivity contribution < 1.29 is 27.8 Å². The maximum atomic E-state index is 13.6. The summed E-state index contributed by atoms with van der Waals surface area (Å²) in [5.41, 5.74) is 5.42. The molecule has 1 aromatic rings. The van der Waals surface area contributed by atoms with Gasteiger partial charge in [0.15, 0.2) is 0 Å². The molecule has 1 amide bonds. The minimum absolute atomic E-state index is 0.0294. The Morgan fingerprint density at radius 1 is 1.35 bits per heavy atom. The predicted molar refractivity (Wildman–Crippen MR) is 108 cm³/mol. The van der Waals surface area contributed by atoms with E-state index in [0.29, 0.717) is 31.7 Å². The highest BCUT2D eigenvalue weighted by Crippen LogP contribution is 2.40. The molecule has 1 aromatic heterocycles. The first-order valence-electron chi connectivity index (χ1n) is 10.0. The number of carbonyl (C=O) groups is 1. The number of nitrogens with zero attached hydrogens (tertiary/aromatic N) is 2. The minimum Gasteiger partial charge on any atom is -0.489 e. The standard InChI is InChI=1S/C20H26F3N5O3/c1-10(2)31-12-3-4-13(26-9-12)28-7-5-11(6-8-28)16(24)14-15(20(21,22)23)17(29)19(30)27-18(14)25/h3-4,9-11,15,17,29H,5-8,24H2,1-2H3,(H2,25,27,30)/t15-,17-/m1/s1. The van der Waals surface area contributed by atoms with Crippen molar-refractivity contribution >= 4 is 17.6 Å². The normalized spacial score (nSPS) is 24.9. The van der Waals surface area contributed by atoms with E-state index in [1.807, 2.05) is 36.2 Å². The highest BCUT2D eigenvalue weighted by atomic mass is 19.4. The van der Waals surface area contributed by atoms with Crippen molar-refractivity contribution in [2.45, 2.75) is 45.1 Å². The van der Waals surface area contributed by atoms with Gasteiger partial charge in [-0.25, -0.2) is 4.98 Å². The molecule has 0 unspecified atom stereocenters. The third-order valence-corrected chi connectivity index (χ3v) is 5.43. The number of halogens is 3. The van der Waals surface area contributed by atoms with E-state index in [2.05, 4.69) is 4.98 Å². The summed E-state index contributed by atoms with van der Waals surface area (Å²) >= 11 is 0. The summed E-state index contributed by atoms with van der Waals surface area (Å²) in [5, 5.41) is 19.7. The fourth-order valence-corrected chi connectivity index (χ4v) is 3.94. The number of ether oxygens (including phenoxy) is 1. The molecular weight excluding hydrogens is 415 g/mol. The molecule has 2 fully saturated rings. The highest BCUT2D eigenvalue weighted by molar-refractivity contribution is 6.11. The zero-order valence-corrected chi connectivity index (χ0v) is 17.2. The van der Waals surface area contributed by atoms with Crippen LogP contribution in [-0.2, 0) is 4.79 Å². The third-order valence-electron chi connectivity index (χ3n) is 5.43. The Hall–Kier alpha value is -2.82. The highest BCUT2D eigenvalue weighted by Gasteiger charge is 2.54. The first kappa shape index (κ1) is 22.9.